The highest BCUT2D eigenvalue weighted by Crippen LogP contribution is 2.20. The average Bonchev–Trinajstić information content (AvgIpc) is 2.57. The molecule has 3 aromatic rings. The topological polar surface area (TPSA) is 25.8 Å². The summed E-state index contributed by atoms with van der Waals surface area (Å²) in [5.74, 6) is 0. The van der Waals surface area contributed by atoms with E-state index >= 15 is 0 Å². The molecule has 2 heteroatoms. The van der Waals surface area contributed by atoms with Crippen LogP contribution in [0.4, 0.5) is 0 Å². The minimum atomic E-state index is 0.977. The maximum absolute atomic E-state index is 4.35. The van der Waals surface area contributed by atoms with Crippen molar-refractivity contribution in [2.45, 2.75) is 40.5 Å². The van der Waals surface area contributed by atoms with Gasteiger partial charge in [0.25, 0.3) is 0 Å². The molecule has 3 rings (SSSR count). The maximum Gasteiger partial charge on any atom is 0.0964 e. The van der Waals surface area contributed by atoms with Crippen LogP contribution in [0, 0.1) is 0 Å². The van der Waals surface area contributed by atoms with Crippen molar-refractivity contribution in [3.05, 3.63) is 48.8 Å². The van der Waals surface area contributed by atoms with Crippen LogP contribution >= 0.6 is 0 Å². The largest absolute Gasteiger partial charge is 0.254 e. The van der Waals surface area contributed by atoms with Crippen LogP contribution in [-0.2, 0) is 0 Å². The molecule has 0 saturated heterocycles. The third-order valence-corrected chi connectivity index (χ3v) is 2.84. The van der Waals surface area contributed by atoms with Crippen molar-refractivity contribution >= 4 is 21.8 Å². The van der Waals surface area contributed by atoms with E-state index in [4.69, 9.17) is 0 Å². The summed E-state index contributed by atoms with van der Waals surface area (Å²) in [6.45, 7) is 8.36. The van der Waals surface area contributed by atoms with Gasteiger partial charge in [-0.25, -0.2) is 0 Å². The zero-order chi connectivity index (χ0) is 14.8. The van der Waals surface area contributed by atoms with Gasteiger partial charge in [-0.2, -0.15) is 0 Å². The highest BCUT2D eigenvalue weighted by Gasteiger charge is 2.00. The number of rotatable bonds is 1. The number of fused-ring (bicyclic) bond motifs is 3. The van der Waals surface area contributed by atoms with E-state index < -0.39 is 0 Å². The summed E-state index contributed by atoms with van der Waals surface area (Å²) < 4.78 is 0. The van der Waals surface area contributed by atoms with Crippen LogP contribution in [0.3, 0.4) is 0 Å². The Hall–Kier alpha value is -1.96. The van der Waals surface area contributed by atoms with Gasteiger partial charge in [0.05, 0.1) is 11.0 Å². The lowest BCUT2D eigenvalue weighted by Gasteiger charge is -2.00. The van der Waals surface area contributed by atoms with E-state index in [2.05, 4.69) is 48.1 Å². The smallest absolute Gasteiger partial charge is 0.0964 e. The van der Waals surface area contributed by atoms with Gasteiger partial charge in [-0.3, -0.25) is 9.97 Å². The highest BCUT2D eigenvalue weighted by molar-refractivity contribution is 6.02. The molecule has 106 valence electrons. The number of nitrogens with zero attached hydrogens (tertiary/aromatic N) is 2. The molecule has 1 aromatic carbocycles. The Labute approximate surface area is 121 Å². The van der Waals surface area contributed by atoms with Crippen LogP contribution in [0.2, 0.25) is 0 Å². The molecule has 0 saturated carbocycles. The summed E-state index contributed by atoms with van der Waals surface area (Å²) in [7, 11) is 0. The molecule has 0 aliphatic carbocycles. The third-order valence-electron chi connectivity index (χ3n) is 2.84. The minimum Gasteiger partial charge on any atom is -0.254 e. The molecule has 2 nitrogen and oxygen atoms in total. The molecule has 0 aliphatic rings. The Morgan fingerprint density at radius 3 is 1.45 bits per heavy atom. The summed E-state index contributed by atoms with van der Waals surface area (Å²) in [5.41, 5.74) is 1.95. The van der Waals surface area contributed by atoms with E-state index in [0.29, 0.717) is 0 Å². The zero-order valence-electron chi connectivity index (χ0n) is 12.9. The van der Waals surface area contributed by atoms with Crippen molar-refractivity contribution in [3.8, 4) is 0 Å². The van der Waals surface area contributed by atoms with Crippen molar-refractivity contribution in [3.63, 3.8) is 0 Å². The van der Waals surface area contributed by atoms with Crippen molar-refractivity contribution in [1.82, 2.24) is 9.97 Å². The Morgan fingerprint density at radius 1 is 0.700 bits per heavy atom. The van der Waals surface area contributed by atoms with Gasteiger partial charge in [-0.15, -0.1) is 0 Å². The van der Waals surface area contributed by atoms with Gasteiger partial charge in [0, 0.05) is 23.2 Å². The number of aromatic nitrogens is 2. The van der Waals surface area contributed by atoms with E-state index in [1.165, 1.54) is 12.8 Å². The molecule has 0 spiro atoms. The maximum atomic E-state index is 4.35. The first kappa shape index (κ1) is 16.1. The molecule has 0 amide bonds. The van der Waals surface area contributed by atoms with E-state index in [0.717, 1.165) is 21.8 Å². The molecule has 0 bridgehead atoms. The van der Waals surface area contributed by atoms with Crippen molar-refractivity contribution in [1.29, 1.82) is 0 Å². The normalized spacial score (nSPS) is 9.40. The molecule has 0 radical (unpaired) electrons. The van der Waals surface area contributed by atoms with E-state index in [1.54, 1.807) is 12.4 Å². The highest BCUT2D eigenvalue weighted by atomic mass is 14.7. The molecule has 0 unspecified atom stereocenters. The lowest BCUT2D eigenvalue weighted by Crippen LogP contribution is -1.83. The molecule has 0 fully saturated rings. The second kappa shape index (κ2) is 9.03. The molecular weight excluding hydrogens is 244 g/mol. The summed E-state index contributed by atoms with van der Waals surface area (Å²) in [5, 5.41) is 2.28. The first-order valence-electron chi connectivity index (χ1n) is 7.45. The monoisotopic (exact) mass is 268 g/mol. The Kier molecular flexibility index (Phi) is 7.26. The second-order valence-corrected chi connectivity index (χ2v) is 4.22. The van der Waals surface area contributed by atoms with E-state index in [1.807, 2.05) is 26.0 Å². The second-order valence-electron chi connectivity index (χ2n) is 4.22. The molecule has 0 N–H and O–H groups in total. The first-order chi connectivity index (χ1) is 9.86. The van der Waals surface area contributed by atoms with E-state index in [-0.39, 0.29) is 0 Å². The Balaban J connectivity index is 0.000000291. The van der Waals surface area contributed by atoms with Crippen LogP contribution in [0.5, 0.6) is 0 Å². The fourth-order valence-corrected chi connectivity index (χ4v) is 1.68. The fourth-order valence-electron chi connectivity index (χ4n) is 1.68. The average molecular weight is 268 g/mol. The Bertz CT molecular complexity index is 575. The standard InChI is InChI=1S/C12H8N2.C4H10.C2H6/c1-3-9-5-6-10-4-2-8-14-12(10)11(9)13-7-1;1-3-4-2;1-2/h1-8H;3-4H2,1-2H3;1-2H3. The summed E-state index contributed by atoms with van der Waals surface area (Å²) in [6, 6.07) is 12.1. The predicted octanol–water partition coefficient (Wildman–Crippen LogP) is 5.62. The van der Waals surface area contributed by atoms with Crippen LogP contribution in [-0.4, -0.2) is 9.97 Å². The number of benzene rings is 1. The molecule has 2 heterocycles. The van der Waals surface area contributed by atoms with Gasteiger partial charge in [-0.05, 0) is 12.1 Å². The molecule has 0 aliphatic heterocycles. The molecule has 0 atom stereocenters. The number of hydrogen-bond acceptors (Lipinski definition) is 2. The van der Waals surface area contributed by atoms with Crippen LogP contribution in [0.15, 0.2) is 48.8 Å². The molecule has 2 aromatic heterocycles. The number of hydrogen-bond donors (Lipinski definition) is 0. The van der Waals surface area contributed by atoms with Gasteiger partial charge in [-0.1, -0.05) is 64.8 Å². The van der Waals surface area contributed by atoms with Crippen molar-refractivity contribution in [2.75, 3.05) is 0 Å². The molecular formula is C18H24N2. The van der Waals surface area contributed by atoms with Gasteiger partial charge >= 0.3 is 0 Å². The first-order valence-corrected chi connectivity index (χ1v) is 7.45. The summed E-state index contributed by atoms with van der Waals surface area (Å²) >= 11 is 0. The lowest BCUT2D eigenvalue weighted by molar-refractivity contribution is 0.886. The SMILES string of the molecule is CC.CCCC.c1cnc2c(c1)ccc1cccnc12. The summed E-state index contributed by atoms with van der Waals surface area (Å²) in [6.07, 6.45) is 6.24. The van der Waals surface area contributed by atoms with Crippen LogP contribution in [0.25, 0.3) is 21.8 Å². The van der Waals surface area contributed by atoms with Gasteiger partial charge < -0.3 is 0 Å². The Morgan fingerprint density at radius 2 is 1.10 bits per heavy atom. The zero-order valence-corrected chi connectivity index (χ0v) is 12.9. The van der Waals surface area contributed by atoms with E-state index in [9.17, 15) is 0 Å². The lowest BCUT2D eigenvalue weighted by atomic mass is 10.1. The van der Waals surface area contributed by atoms with Crippen molar-refractivity contribution in [2.24, 2.45) is 0 Å². The predicted molar refractivity (Wildman–Crippen MR) is 89.0 cm³/mol. The van der Waals surface area contributed by atoms with Crippen LogP contribution in [0.1, 0.15) is 40.5 Å². The van der Waals surface area contributed by atoms with Gasteiger partial charge in [0.15, 0.2) is 0 Å². The number of pyridine rings is 2. The van der Waals surface area contributed by atoms with Crippen molar-refractivity contribution < 1.29 is 0 Å². The quantitative estimate of drug-likeness (QED) is 0.536. The summed E-state index contributed by atoms with van der Waals surface area (Å²) in [4.78, 5) is 8.69. The fraction of sp³-hybridized carbons (Fsp3) is 0.333. The van der Waals surface area contributed by atoms with Gasteiger partial charge in [0.1, 0.15) is 0 Å². The van der Waals surface area contributed by atoms with Crippen LogP contribution < -0.4 is 0 Å². The third kappa shape index (κ3) is 4.02. The molecule has 20 heavy (non-hydrogen) atoms. The minimum absolute atomic E-state index is 0.977. The number of unbranched alkanes of at least 4 members (excludes halogenated alkanes) is 1. The van der Waals surface area contributed by atoms with Gasteiger partial charge in [0.2, 0.25) is 0 Å².